The smallest absolute Gasteiger partial charge is 0.253 e. The summed E-state index contributed by atoms with van der Waals surface area (Å²) in [5.74, 6) is 0.0708. The number of nitrogens with zero attached hydrogens (tertiary/aromatic N) is 1. The van der Waals surface area contributed by atoms with E-state index in [1.165, 1.54) is 4.88 Å². The van der Waals surface area contributed by atoms with Gasteiger partial charge in [-0.3, -0.25) is 9.59 Å². The number of hydrogen-bond donors (Lipinski definition) is 1. The summed E-state index contributed by atoms with van der Waals surface area (Å²) in [6.45, 7) is 1.67. The van der Waals surface area contributed by atoms with E-state index in [2.05, 4.69) is 22.8 Å². The molecule has 2 amide bonds. The summed E-state index contributed by atoms with van der Waals surface area (Å²) in [4.78, 5) is 27.8. The fourth-order valence-electron chi connectivity index (χ4n) is 3.10. The molecule has 0 atom stereocenters. The van der Waals surface area contributed by atoms with Crippen LogP contribution >= 0.6 is 11.3 Å². The highest BCUT2D eigenvalue weighted by Crippen LogP contribution is 2.17. The highest BCUT2D eigenvalue weighted by Gasteiger charge is 2.19. The molecule has 1 aliphatic heterocycles. The number of likely N-dealkylation sites (tertiary alicyclic amines) is 1. The predicted octanol–water partition coefficient (Wildman–Crippen LogP) is 4.34. The molecule has 132 valence electrons. The van der Waals surface area contributed by atoms with Gasteiger partial charge in [-0.05, 0) is 61.7 Å². The minimum absolute atomic E-state index is 0.0111. The van der Waals surface area contributed by atoms with Crippen LogP contribution in [0, 0.1) is 0 Å². The maximum absolute atomic E-state index is 12.4. The number of amides is 2. The molecule has 1 aromatic heterocycles. The van der Waals surface area contributed by atoms with Crippen molar-refractivity contribution in [3.05, 3.63) is 52.2 Å². The van der Waals surface area contributed by atoms with Gasteiger partial charge < -0.3 is 10.2 Å². The molecular formula is C20H24N2O2S. The van der Waals surface area contributed by atoms with Gasteiger partial charge in [-0.2, -0.15) is 0 Å². The van der Waals surface area contributed by atoms with Crippen molar-refractivity contribution in [2.45, 2.75) is 38.5 Å². The molecule has 0 saturated carbocycles. The Bertz CT molecular complexity index is 706. The van der Waals surface area contributed by atoms with E-state index in [0.717, 1.165) is 45.2 Å². The largest absolute Gasteiger partial charge is 0.339 e. The van der Waals surface area contributed by atoms with Gasteiger partial charge >= 0.3 is 0 Å². The average molecular weight is 356 g/mol. The maximum Gasteiger partial charge on any atom is 0.253 e. The van der Waals surface area contributed by atoms with E-state index >= 15 is 0 Å². The molecule has 2 aromatic rings. The van der Waals surface area contributed by atoms with E-state index in [-0.39, 0.29) is 11.8 Å². The molecular weight excluding hydrogens is 332 g/mol. The summed E-state index contributed by atoms with van der Waals surface area (Å²) < 4.78 is 0. The van der Waals surface area contributed by atoms with Crippen LogP contribution in [0.3, 0.4) is 0 Å². The van der Waals surface area contributed by atoms with Crippen molar-refractivity contribution in [2.75, 3.05) is 18.4 Å². The maximum atomic E-state index is 12.4. The van der Waals surface area contributed by atoms with Gasteiger partial charge in [0.25, 0.3) is 5.91 Å². The number of benzene rings is 1. The van der Waals surface area contributed by atoms with Gasteiger partial charge in [0.15, 0.2) is 0 Å². The minimum atomic E-state index is 0.0111. The number of rotatable bonds is 7. The lowest BCUT2D eigenvalue weighted by Gasteiger charge is -2.15. The highest BCUT2D eigenvalue weighted by atomic mass is 32.1. The molecule has 3 rings (SSSR count). The van der Waals surface area contributed by atoms with Gasteiger partial charge in [0.1, 0.15) is 0 Å². The van der Waals surface area contributed by atoms with E-state index in [0.29, 0.717) is 17.7 Å². The molecule has 0 bridgehead atoms. The minimum Gasteiger partial charge on any atom is -0.339 e. The Hall–Kier alpha value is -2.14. The number of aryl methyl sites for hydroxylation is 1. The topological polar surface area (TPSA) is 49.4 Å². The SMILES string of the molecule is O=C(CCCCc1cccs1)Nc1cccc(C(=O)N2CCCC2)c1. The van der Waals surface area contributed by atoms with Crippen LogP contribution in [0.15, 0.2) is 41.8 Å². The zero-order valence-electron chi connectivity index (χ0n) is 14.4. The molecule has 1 N–H and O–H groups in total. The normalized spacial score (nSPS) is 13.8. The van der Waals surface area contributed by atoms with Crippen LogP contribution in [0.25, 0.3) is 0 Å². The van der Waals surface area contributed by atoms with Crippen LogP contribution in [-0.2, 0) is 11.2 Å². The molecule has 1 fully saturated rings. The van der Waals surface area contributed by atoms with Crippen LogP contribution in [-0.4, -0.2) is 29.8 Å². The molecule has 4 nitrogen and oxygen atoms in total. The first-order valence-electron chi connectivity index (χ1n) is 8.94. The Morgan fingerprint density at radius 2 is 1.92 bits per heavy atom. The molecule has 0 aliphatic carbocycles. The Morgan fingerprint density at radius 1 is 1.08 bits per heavy atom. The fourth-order valence-corrected chi connectivity index (χ4v) is 3.85. The molecule has 1 aromatic carbocycles. The number of unbranched alkanes of at least 4 members (excludes halogenated alkanes) is 1. The number of thiophene rings is 1. The van der Waals surface area contributed by atoms with Crippen molar-refractivity contribution in [1.82, 2.24) is 4.90 Å². The number of carbonyl (C=O) groups is 2. The quantitative estimate of drug-likeness (QED) is 0.751. The van der Waals surface area contributed by atoms with Gasteiger partial charge in [-0.25, -0.2) is 0 Å². The second-order valence-corrected chi connectivity index (χ2v) is 7.45. The van der Waals surface area contributed by atoms with Crippen LogP contribution in [0.5, 0.6) is 0 Å². The van der Waals surface area contributed by atoms with Gasteiger partial charge in [0.05, 0.1) is 0 Å². The molecule has 1 saturated heterocycles. The van der Waals surface area contributed by atoms with Crippen LogP contribution < -0.4 is 5.32 Å². The van der Waals surface area contributed by atoms with E-state index in [9.17, 15) is 9.59 Å². The average Bonchev–Trinajstić information content (AvgIpc) is 3.32. The lowest BCUT2D eigenvalue weighted by Crippen LogP contribution is -2.27. The van der Waals surface area contributed by atoms with E-state index in [1.54, 1.807) is 17.4 Å². The van der Waals surface area contributed by atoms with Crippen molar-refractivity contribution in [3.63, 3.8) is 0 Å². The number of carbonyl (C=O) groups excluding carboxylic acids is 2. The first kappa shape index (κ1) is 17.7. The Balaban J connectivity index is 1.46. The third-order valence-corrected chi connectivity index (χ3v) is 5.38. The van der Waals surface area contributed by atoms with Gasteiger partial charge in [0, 0.05) is 35.6 Å². The zero-order valence-corrected chi connectivity index (χ0v) is 15.2. The first-order valence-corrected chi connectivity index (χ1v) is 9.82. The standard InChI is InChI=1S/C20H24N2O2S/c23-19(11-2-1-9-18-10-6-14-25-18)21-17-8-5-7-16(15-17)20(24)22-12-3-4-13-22/h5-8,10,14-15H,1-4,9,11-13H2,(H,21,23). The van der Waals surface area contributed by atoms with Crippen LogP contribution in [0.2, 0.25) is 0 Å². The van der Waals surface area contributed by atoms with E-state index in [4.69, 9.17) is 0 Å². The third kappa shape index (κ3) is 5.16. The van der Waals surface area contributed by atoms with Crippen molar-refractivity contribution in [2.24, 2.45) is 0 Å². The van der Waals surface area contributed by atoms with Crippen molar-refractivity contribution >= 4 is 28.8 Å². The summed E-state index contributed by atoms with van der Waals surface area (Å²) in [6.07, 6.45) is 5.58. The second-order valence-electron chi connectivity index (χ2n) is 6.41. The molecule has 5 heteroatoms. The molecule has 25 heavy (non-hydrogen) atoms. The fraction of sp³-hybridized carbons (Fsp3) is 0.400. The van der Waals surface area contributed by atoms with Crippen molar-refractivity contribution in [3.8, 4) is 0 Å². The molecule has 0 spiro atoms. The van der Waals surface area contributed by atoms with Crippen molar-refractivity contribution < 1.29 is 9.59 Å². The molecule has 0 unspecified atom stereocenters. The molecule has 1 aliphatic rings. The highest BCUT2D eigenvalue weighted by molar-refractivity contribution is 7.09. The summed E-state index contributed by atoms with van der Waals surface area (Å²) in [7, 11) is 0. The van der Waals surface area contributed by atoms with Crippen LogP contribution in [0.4, 0.5) is 5.69 Å². The molecule has 0 radical (unpaired) electrons. The van der Waals surface area contributed by atoms with Gasteiger partial charge in [-0.15, -0.1) is 11.3 Å². The van der Waals surface area contributed by atoms with Crippen LogP contribution in [0.1, 0.15) is 47.3 Å². The monoisotopic (exact) mass is 356 g/mol. The lowest BCUT2D eigenvalue weighted by molar-refractivity contribution is -0.116. The summed E-state index contributed by atoms with van der Waals surface area (Å²) in [5, 5.41) is 5.00. The van der Waals surface area contributed by atoms with Gasteiger partial charge in [0.2, 0.25) is 5.91 Å². The zero-order chi connectivity index (χ0) is 17.5. The van der Waals surface area contributed by atoms with Crippen molar-refractivity contribution in [1.29, 1.82) is 0 Å². The summed E-state index contributed by atoms with van der Waals surface area (Å²) >= 11 is 1.76. The van der Waals surface area contributed by atoms with E-state index < -0.39 is 0 Å². The Labute approximate surface area is 152 Å². The summed E-state index contributed by atoms with van der Waals surface area (Å²) in [5.41, 5.74) is 1.35. The Kier molecular flexibility index (Phi) is 6.23. The number of hydrogen-bond acceptors (Lipinski definition) is 3. The lowest BCUT2D eigenvalue weighted by atomic mass is 10.1. The first-order chi connectivity index (χ1) is 12.2. The number of anilines is 1. The Morgan fingerprint density at radius 3 is 2.68 bits per heavy atom. The number of nitrogens with one attached hydrogen (secondary N) is 1. The second kappa shape index (κ2) is 8.81. The third-order valence-electron chi connectivity index (χ3n) is 4.44. The summed E-state index contributed by atoms with van der Waals surface area (Å²) in [6, 6.07) is 11.5. The molecule has 2 heterocycles. The van der Waals surface area contributed by atoms with Gasteiger partial charge in [-0.1, -0.05) is 12.1 Å². The van der Waals surface area contributed by atoms with E-state index in [1.807, 2.05) is 23.1 Å². The predicted molar refractivity (Wildman–Crippen MR) is 102 cm³/mol.